The number of alkyl carbamates (subject to hydrolysis) is 1. The predicted molar refractivity (Wildman–Crippen MR) is 121 cm³/mol. The first-order chi connectivity index (χ1) is 14.6. The average Bonchev–Trinajstić information content (AvgIpc) is 2.72. The highest BCUT2D eigenvalue weighted by atomic mass is 35.5. The molecule has 1 heterocycles. The van der Waals surface area contributed by atoms with Gasteiger partial charge in [-0.25, -0.2) is 9.48 Å². The lowest BCUT2D eigenvalue weighted by Gasteiger charge is -2.41. The van der Waals surface area contributed by atoms with Crippen molar-refractivity contribution in [3.8, 4) is 12.3 Å². The van der Waals surface area contributed by atoms with E-state index in [1.165, 1.54) is 10.7 Å². The summed E-state index contributed by atoms with van der Waals surface area (Å²) in [6, 6.07) is 10.7. The summed E-state index contributed by atoms with van der Waals surface area (Å²) < 4.78 is 6.91. The van der Waals surface area contributed by atoms with Crippen LogP contribution in [0.4, 0.5) is 4.79 Å². The average molecular weight is 442 g/mol. The van der Waals surface area contributed by atoms with Crippen molar-refractivity contribution >= 4 is 17.7 Å². The summed E-state index contributed by atoms with van der Waals surface area (Å²) in [5.41, 5.74) is 0.460. The molecule has 31 heavy (non-hydrogen) atoms. The van der Waals surface area contributed by atoms with Crippen LogP contribution in [0.15, 0.2) is 41.2 Å². The molecule has 0 atom stereocenters. The molecule has 1 N–H and O–H groups in total. The normalized spacial score (nSPS) is 21.2. The number of nitrogens with one attached hydrogen (secondary N) is 1. The zero-order valence-corrected chi connectivity index (χ0v) is 18.9. The van der Waals surface area contributed by atoms with E-state index in [1.54, 1.807) is 6.07 Å². The Kier molecular flexibility index (Phi) is 6.76. The van der Waals surface area contributed by atoms with Gasteiger partial charge in [-0.1, -0.05) is 23.7 Å². The van der Waals surface area contributed by atoms with Gasteiger partial charge in [0.05, 0.1) is 6.04 Å². The second-order valence-corrected chi connectivity index (χ2v) is 9.46. The summed E-state index contributed by atoms with van der Waals surface area (Å²) in [5.74, 6) is 2.49. The van der Waals surface area contributed by atoms with E-state index in [2.05, 4.69) is 16.3 Å². The molecular weight excluding hydrogens is 414 g/mol. The summed E-state index contributed by atoms with van der Waals surface area (Å²) in [6.07, 6.45) is 7.96. The Morgan fingerprint density at radius 1 is 1.32 bits per heavy atom. The molecule has 164 valence electrons. The van der Waals surface area contributed by atoms with E-state index >= 15 is 0 Å². The Morgan fingerprint density at radius 2 is 2.03 bits per heavy atom. The van der Waals surface area contributed by atoms with Crippen molar-refractivity contribution in [1.82, 2.24) is 15.1 Å². The first-order valence-corrected chi connectivity index (χ1v) is 10.8. The second kappa shape index (κ2) is 9.15. The minimum Gasteiger partial charge on any atom is -0.444 e. The highest BCUT2D eigenvalue weighted by Gasteiger charge is 2.38. The van der Waals surface area contributed by atoms with Crippen molar-refractivity contribution < 1.29 is 9.53 Å². The molecule has 2 aromatic rings. The predicted octanol–water partition coefficient (Wildman–Crippen LogP) is 4.46. The molecule has 0 unspecified atom stereocenters. The van der Waals surface area contributed by atoms with Crippen LogP contribution in [0.1, 0.15) is 63.8 Å². The molecule has 0 spiro atoms. The molecule has 0 radical (unpaired) electrons. The van der Waals surface area contributed by atoms with Crippen molar-refractivity contribution in [2.75, 3.05) is 6.54 Å². The van der Waals surface area contributed by atoms with Crippen LogP contribution in [0.3, 0.4) is 0 Å². The van der Waals surface area contributed by atoms with Gasteiger partial charge in [-0.05, 0) is 76.1 Å². The lowest BCUT2D eigenvalue weighted by molar-refractivity contribution is 0.0504. The largest absolute Gasteiger partial charge is 0.444 e. The van der Waals surface area contributed by atoms with E-state index in [0.717, 1.165) is 31.2 Å². The number of aromatic nitrogens is 2. The van der Waals surface area contributed by atoms with Crippen molar-refractivity contribution in [1.29, 1.82) is 0 Å². The van der Waals surface area contributed by atoms with Crippen LogP contribution in [0.2, 0.25) is 5.02 Å². The van der Waals surface area contributed by atoms with Crippen molar-refractivity contribution in [3.05, 3.63) is 63.0 Å². The van der Waals surface area contributed by atoms with E-state index in [0.29, 0.717) is 17.3 Å². The molecule has 1 aromatic carbocycles. The summed E-state index contributed by atoms with van der Waals surface area (Å²) in [6.45, 7) is 5.92. The lowest BCUT2D eigenvalue weighted by Crippen LogP contribution is -2.45. The van der Waals surface area contributed by atoms with Crippen molar-refractivity contribution in [2.24, 2.45) is 0 Å². The third-order valence-electron chi connectivity index (χ3n) is 5.64. The number of hydrogen-bond donors (Lipinski definition) is 1. The maximum Gasteiger partial charge on any atom is 0.407 e. The number of ether oxygens (including phenoxy) is 1. The smallest absolute Gasteiger partial charge is 0.407 e. The maximum absolute atomic E-state index is 12.4. The molecule has 0 saturated heterocycles. The molecule has 1 fully saturated rings. The molecule has 1 amide bonds. The van der Waals surface area contributed by atoms with Gasteiger partial charge in [-0.15, -0.1) is 6.42 Å². The van der Waals surface area contributed by atoms with Gasteiger partial charge >= 0.3 is 6.09 Å². The van der Waals surface area contributed by atoms with Crippen LogP contribution < -0.4 is 10.9 Å². The number of halogens is 1. The SMILES string of the molecule is C#Cc1ccc(=O)n(C2CCC(CNC(=O)OC(C)(C)C)(c3cccc(Cl)c3)CC2)n1. The Hall–Kier alpha value is -2.78. The fraction of sp³-hybridized carbons (Fsp3) is 0.458. The van der Waals surface area contributed by atoms with Gasteiger partial charge in [0.1, 0.15) is 11.3 Å². The van der Waals surface area contributed by atoms with Crippen molar-refractivity contribution in [2.45, 2.75) is 63.5 Å². The zero-order valence-electron chi connectivity index (χ0n) is 18.2. The number of terminal acetylenes is 1. The summed E-state index contributed by atoms with van der Waals surface area (Å²) in [5, 5.41) is 7.91. The molecule has 1 aliphatic rings. The minimum atomic E-state index is -0.570. The van der Waals surface area contributed by atoms with Crippen molar-refractivity contribution in [3.63, 3.8) is 0 Å². The number of carbonyl (C=O) groups is 1. The van der Waals surface area contributed by atoms with Gasteiger partial charge in [0.2, 0.25) is 0 Å². The highest BCUT2D eigenvalue weighted by Crippen LogP contribution is 2.43. The number of benzene rings is 1. The molecule has 1 aliphatic carbocycles. The monoisotopic (exact) mass is 441 g/mol. The first-order valence-electron chi connectivity index (χ1n) is 10.4. The Bertz CT molecular complexity index is 1040. The first kappa shape index (κ1) is 22.9. The van der Waals surface area contributed by atoms with E-state index in [-0.39, 0.29) is 17.0 Å². The summed E-state index contributed by atoms with van der Waals surface area (Å²) in [4.78, 5) is 24.7. The Morgan fingerprint density at radius 3 is 2.65 bits per heavy atom. The van der Waals surface area contributed by atoms with E-state index < -0.39 is 11.7 Å². The molecule has 3 rings (SSSR count). The van der Waals surface area contributed by atoms with Crippen LogP contribution in [-0.2, 0) is 10.2 Å². The van der Waals surface area contributed by atoms with Gasteiger partial charge in [0, 0.05) is 23.0 Å². The van der Waals surface area contributed by atoms with Crippen LogP contribution >= 0.6 is 11.6 Å². The summed E-state index contributed by atoms with van der Waals surface area (Å²) in [7, 11) is 0. The number of carbonyl (C=O) groups excluding carboxylic acids is 1. The Balaban J connectivity index is 1.82. The molecule has 1 aromatic heterocycles. The Labute approximate surface area is 187 Å². The number of nitrogens with zero attached hydrogens (tertiary/aromatic N) is 2. The van der Waals surface area contributed by atoms with Crippen LogP contribution in [0.5, 0.6) is 0 Å². The van der Waals surface area contributed by atoms with Gasteiger partial charge in [-0.2, -0.15) is 5.10 Å². The third-order valence-corrected chi connectivity index (χ3v) is 5.87. The summed E-state index contributed by atoms with van der Waals surface area (Å²) >= 11 is 6.27. The minimum absolute atomic E-state index is 0.0466. The topological polar surface area (TPSA) is 73.2 Å². The molecule has 0 bridgehead atoms. The zero-order chi connectivity index (χ0) is 22.6. The lowest BCUT2D eigenvalue weighted by atomic mass is 9.68. The number of rotatable bonds is 4. The van der Waals surface area contributed by atoms with Gasteiger partial charge in [-0.3, -0.25) is 4.79 Å². The number of hydrogen-bond acceptors (Lipinski definition) is 4. The molecule has 7 heteroatoms. The number of amides is 1. The molecular formula is C24H28ClN3O3. The quantitative estimate of drug-likeness (QED) is 0.711. The fourth-order valence-electron chi connectivity index (χ4n) is 4.10. The maximum atomic E-state index is 12.4. The van der Waals surface area contributed by atoms with Crippen LogP contribution in [0, 0.1) is 12.3 Å². The van der Waals surface area contributed by atoms with Gasteiger partial charge in [0.25, 0.3) is 5.56 Å². The third kappa shape index (κ3) is 5.68. The van der Waals surface area contributed by atoms with Gasteiger partial charge < -0.3 is 10.1 Å². The van der Waals surface area contributed by atoms with E-state index in [4.69, 9.17) is 22.8 Å². The molecule has 6 nitrogen and oxygen atoms in total. The standard InChI is InChI=1S/C24H28ClN3O3/c1-5-19-9-10-21(29)28(27-19)20-11-13-24(14-12-20,17-7-6-8-18(25)15-17)16-26-22(30)31-23(2,3)4/h1,6-10,15,20H,11-14,16H2,2-4H3,(H,26,30). The van der Waals surface area contributed by atoms with Crippen LogP contribution in [-0.4, -0.2) is 28.0 Å². The second-order valence-electron chi connectivity index (χ2n) is 9.02. The molecule has 1 saturated carbocycles. The van der Waals surface area contributed by atoms with E-state index in [9.17, 15) is 9.59 Å². The molecule has 0 aliphatic heterocycles. The van der Waals surface area contributed by atoms with Crippen LogP contribution in [0.25, 0.3) is 0 Å². The highest BCUT2D eigenvalue weighted by molar-refractivity contribution is 6.30. The van der Waals surface area contributed by atoms with E-state index in [1.807, 2.05) is 45.0 Å². The van der Waals surface area contributed by atoms with Gasteiger partial charge in [0.15, 0.2) is 0 Å². The fourth-order valence-corrected chi connectivity index (χ4v) is 4.30.